The number of thioether (sulfide) groups is 1. The number of hydrogen-bond donors (Lipinski definition) is 1. The zero-order valence-electron chi connectivity index (χ0n) is 16.9. The van der Waals surface area contributed by atoms with Gasteiger partial charge in [0.05, 0.1) is 18.4 Å². The number of carbonyl (C=O) groups excluding carboxylic acids is 2. The predicted molar refractivity (Wildman–Crippen MR) is 120 cm³/mol. The monoisotopic (exact) mass is 512 g/mol. The van der Waals surface area contributed by atoms with E-state index in [1.54, 1.807) is 12.1 Å². The quantitative estimate of drug-likeness (QED) is 0.334. The number of methoxy groups -OCH3 is 1. The van der Waals surface area contributed by atoms with Crippen molar-refractivity contribution in [1.82, 2.24) is 14.8 Å². The molecule has 8 nitrogen and oxygen atoms in total. The number of furan rings is 1. The van der Waals surface area contributed by atoms with E-state index in [1.807, 2.05) is 31.4 Å². The van der Waals surface area contributed by atoms with Crippen LogP contribution in [0.25, 0.3) is 11.6 Å². The number of aromatic nitrogens is 3. The van der Waals surface area contributed by atoms with Gasteiger partial charge in [0.15, 0.2) is 15.6 Å². The Morgan fingerprint density at radius 3 is 2.73 bits per heavy atom. The lowest BCUT2D eigenvalue weighted by Gasteiger charge is -2.12. The summed E-state index contributed by atoms with van der Waals surface area (Å²) in [6.07, 6.45) is 0.766. The predicted octanol–water partition coefficient (Wildman–Crippen LogP) is 5.02. The molecule has 11 heteroatoms. The van der Waals surface area contributed by atoms with Crippen LogP contribution < -0.4 is 5.32 Å². The fraction of sp³-hybridized carbons (Fsp3) is 0.368. The third-order valence-corrected chi connectivity index (χ3v) is 6.66. The summed E-state index contributed by atoms with van der Waals surface area (Å²) in [5.41, 5.74) is 0.369. The number of amides is 1. The molecule has 0 unspecified atom stereocenters. The Bertz CT molecular complexity index is 1060. The van der Waals surface area contributed by atoms with Crippen LogP contribution in [0.15, 0.2) is 32.4 Å². The molecule has 3 rings (SSSR count). The Kier molecular flexibility index (Phi) is 7.37. The standard InChI is InChI=1S/C19H21BrN4O4S2/c1-5-11-8-12(18(26)27-4)17(30-11)21-15(25)9-29-19-23-22-16(24(19)10(2)3)13-6-7-14(20)28-13/h6-8,10H,5,9H2,1-4H3,(H,21,25). The maximum Gasteiger partial charge on any atom is 0.340 e. The molecule has 0 saturated carbocycles. The summed E-state index contributed by atoms with van der Waals surface area (Å²) in [7, 11) is 1.32. The van der Waals surface area contributed by atoms with Gasteiger partial charge in [0, 0.05) is 10.9 Å². The number of carbonyl (C=O) groups is 2. The molecule has 0 saturated heterocycles. The fourth-order valence-corrected chi connectivity index (χ4v) is 4.88. The molecule has 1 amide bonds. The molecule has 1 N–H and O–H groups in total. The Hall–Kier alpha value is -2.11. The molecule has 0 aromatic carbocycles. The second kappa shape index (κ2) is 9.80. The molecule has 3 aromatic rings. The smallest absolute Gasteiger partial charge is 0.340 e. The Balaban J connectivity index is 1.73. The van der Waals surface area contributed by atoms with E-state index in [2.05, 4.69) is 31.4 Å². The largest absolute Gasteiger partial charge is 0.465 e. The molecule has 160 valence electrons. The van der Waals surface area contributed by atoms with Crippen molar-refractivity contribution in [2.75, 3.05) is 18.2 Å². The second-order valence-electron chi connectivity index (χ2n) is 6.51. The summed E-state index contributed by atoms with van der Waals surface area (Å²) in [6, 6.07) is 5.42. The summed E-state index contributed by atoms with van der Waals surface area (Å²) in [5.74, 6) is 0.593. The lowest BCUT2D eigenvalue weighted by Crippen LogP contribution is -2.16. The van der Waals surface area contributed by atoms with Gasteiger partial charge in [0.1, 0.15) is 5.00 Å². The number of ether oxygens (including phenoxy) is 1. The second-order valence-corrected chi connectivity index (χ2v) is 9.37. The molecule has 3 heterocycles. The Labute approximate surface area is 190 Å². The molecule has 0 spiro atoms. The van der Waals surface area contributed by atoms with E-state index in [1.165, 1.54) is 30.2 Å². The van der Waals surface area contributed by atoms with E-state index in [4.69, 9.17) is 9.15 Å². The lowest BCUT2D eigenvalue weighted by molar-refractivity contribution is -0.113. The zero-order chi connectivity index (χ0) is 21.8. The van der Waals surface area contributed by atoms with E-state index in [9.17, 15) is 9.59 Å². The van der Waals surface area contributed by atoms with Crippen molar-refractivity contribution >= 4 is 55.9 Å². The van der Waals surface area contributed by atoms with Gasteiger partial charge in [0.25, 0.3) is 0 Å². The van der Waals surface area contributed by atoms with Crippen molar-refractivity contribution < 1.29 is 18.7 Å². The highest BCUT2D eigenvalue weighted by Gasteiger charge is 2.21. The molecule has 0 atom stereocenters. The molecule has 0 aliphatic carbocycles. The van der Waals surface area contributed by atoms with Crippen LogP contribution in [0.1, 0.15) is 42.0 Å². The van der Waals surface area contributed by atoms with Crippen LogP contribution in [0, 0.1) is 0 Å². The zero-order valence-corrected chi connectivity index (χ0v) is 20.1. The molecule has 3 aromatic heterocycles. The minimum Gasteiger partial charge on any atom is -0.465 e. The fourth-order valence-electron chi connectivity index (χ4n) is 2.71. The number of anilines is 1. The summed E-state index contributed by atoms with van der Waals surface area (Å²) >= 11 is 5.94. The van der Waals surface area contributed by atoms with Crippen molar-refractivity contribution in [1.29, 1.82) is 0 Å². The lowest BCUT2D eigenvalue weighted by atomic mass is 10.2. The van der Waals surface area contributed by atoms with Gasteiger partial charge in [-0.2, -0.15) is 0 Å². The number of aryl methyl sites for hydroxylation is 1. The van der Waals surface area contributed by atoms with Crippen molar-refractivity contribution in [3.05, 3.63) is 33.3 Å². The number of nitrogens with one attached hydrogen (secondary N) is 1. The Morgan fingerprint density at radius 2 is 2.13 bits per heavy atom. The van der Waals surface area contributed by atoms with Crippen LogP contribution in [0.5, 0.6) is 0 Å². The van der Waals surface area contributed by atoms with E-state index < -0.39 is 5.97 Å². The number of hydrogen-bond acceptors (Lipinski definition) is 8. The first-order chi connectivity index (χ1) is 14.3. The van der Waals surface area contributed by atoms with Gasteiger partial charge in [0.2, 0.25) is 11.7 Å². The number of rotatable bonds is 8. The summed E-state index contributed by atoms with van der Waals surface area (Å²) < 4.78 is 12.9. The van der Waals surface area contributed by atoms with Gasteiger partial charge >= 0.3 is 5.97 Å². The van der Waals surface area contributed by atoms with E-state index in [0.29, 0.717) is 32.0 Å². The molecule has 0 fully saturated rings. The van der Waals surface area contributed by atoms with Crippen molar-refractivity contribution in [2.45, 2.75) is 38.4 Å². The molecule has 0 radical (unpaired) electrons. The first kappa shape index (κ1) is 22.6. The van der Waals surface area contributed by atoms with Crippen molar-refractivity contribution in [2.24, 2.45) is 0 Å². The van der Waals surface area contributed by atoms with Gasteiger partial charge < -0.3 is 14.5 Å². The molecule has 0 aliphatic heterocycles. The van der Waals surface area contributed by atoms with Crippen molar-refractivity contribution in [3.63, 3.8) is 0 Å². The van der Waals surface area contributed by atoms with Crippen LogP contribution in [0.3, 0.4) is 0 Å². The summed E-state index contributed by atoms with van der Waals surface area (Å²) in [6.45, 7) is 6.01. The first-order valence-electron chi connectivity index (χ1n) is 9.18. The average Bonchev–Trinajstić information content (AvgIpc) is 3.43. The van der Waals surface area contributed by atoms with Gasteiger partial charge in [-0.05, 0) is 54.4 Å². The van der Waals surface area contributed by atoms with Crippen LogP contribution in [-0.2, 0) is 16.0 Å². The molecule has 0 aliphatic rings. The average molecular weight is 513 g/mol. The van der Waals surface area contributed by atoms with Crippen LogP contribution in [0.4, 0.5) is 5.00 Å². The van der Waals surface area contributed by atoms with Crippen LogP contribution >= 0.6 is 39.0 Å². The van der Waals surface area contributed by atoms with Crippen molar-refractivity contribution in [3.8, 4) is 11.6 Å². The minimum atomic E-state index is -0.470. The van der Waals surface area contributed by atoms with Crippen LogP contribution in [-0.4, -0.2) is 39.5 Å². The van der Waals surface area contributed by atoms with Gasteiger partial charge in [-0.15, -0.1) is 21.5 Å². The number of halogens is 1. The normalized spacial score (nSPS) is 11.1. The van der Waals surface area contributed by atoms with Gasteiger partial charge in [-0.3, -0.25) is 9.36 Å². The molecular formula is C19H21BrN4O4S2. The minimum absolute atomic E-state index is 0.0692. The SMILES string of the molecule is CCc1cc(C(=O)OC)c(NC(=O)CSc2nnc(-c3ccc(Br)o3)n2C(C)C)s1. The highest BCUT2D eigenvalue weighted by Crippen LogP contribution is 2.31. The van der Waals surface area contributed by atoms with Gasteiger partial charge in [-0.25, -0.2) is 4.79 Å². The molecule has 0 bridgehead atoms. The first-order valence-corrected chi connectivity index (χ1v) is 11.8. The number of esters is 1. The highest BCUT2D eigenvalue weighted by atomic mass is 79.9. The van der Waals surface area contributed by atoms with E-state index in [0.717, 1.165) is 11.3 Å². The number of thiophene rings is 1. The van der Waals surface area contributed by atoms with Crippen LogP contribution in [0.2, 0.25) is 0 Å². The molecule has 30 heavy (non-hydrogen) atoms. The van der Waals surface area contributed by atoms with Gasteiger partial charge in [-0.1, -0.05) is 18.7 Å². The van der Waals surface area contributed by atoms with E-state index in [-0.39, 0.29) is 17.7 Å². The third-order valence-electron chi connectivity index (χ3n) is 4.10. The topological polar surface area (TPSA) is 99.2 Å². The molecular weight excluding hydrogens is 492 g/mol. The maximum absolute atomic E-state index is 12.5. The highest BCUT2D eigenvalue weighted by molar-refractivity contribution is 9.10. The van der Waals surface area contributed by atoms with E-state index >= 15 is 0 Å². The summed E-state index contributed by atoms with van der Waals surface area (Å²) in [4.78, 5) is 25.5. The Morgan fingerprint density at radius 1 is 1.37 bits per heavy atom. The maximum atomic E-state index is 12.5. The summed E-state index contributed by atoms with van der Waals surface area (Å²) in [5, 5.41) is 12.4. The number of nitrogens with zero attached hydrogens (tertiary/aromatic N) is 3. The third kappa shape index (κ3) is 4.96.